The molecule has 0 unspecified atom stereocenters. The minimum atomic E-state index is -0.318. The van der Waals surface area contributed by atoms with E-state index in [-0.39, 0.29) is 11.2 Å². The minimum Gasteiger partial charge on any atom is -0.297 e. The van der Waals surface area contributed by atoms with E-state index in [1.807, 2.05) is 18.4 Å². The van der Waals surface area contributed by atoms with Crippen LogP contribution in [0.2, 0.25) is 0 Å². The molecular weight excluding hydrogens is 284 g/mol. The molecule has 0 spiro atoms. The first-order chi connectivity index (χ1) is 10.5. The molecule has 0 aliphatic carbocycles. The number of hydrogen-bond donors (Lipinski definition) is 0. The van der Waals surface area contributed by atoms with Crippen LogP contribution in [0.15, 0.2) is 14.7 Å². The van der Waals surface area contributed by atoms with E-state index in [0.717, 1.165) is 18.6 Å². The maximum atomic E-state index is 12.8. The molecule has 0 radical (unpaired) electrons. The van der Waals surface area contributed by atoms with Gasteiger partial charge in [0, 0.05) is 20.6 Å². The van der Waals surface area contributed by atoms with Crippen LogP contribution in [0.25, 0.3) is 11.2 Å². The van der Waals surface area contributed by atoms with E-state index in [2.05, 4.69) is 10.1 Å². The van der Waals surface area contributed by atoms with Crippen molar-refractivity contribution in [3.8, 4) is 0 Å². The number of nitrogens with zero attached hydrogens (tertiary/aromatic N) is 6. The highest BCUT2D eigenvalue weighted by Gasteiger charge is 2.24. The molecule has 0 fully saturated rings. The molecule has 8 nitrogen and oxygen atoms in total. The summed E-state index contributed by atoms with van der Waals surface area (Å²) in [6.07, 6.45) is 1.72. The normalized spacial score (nSPS) is 14.4. The lowest BCUT2D eigenvalue weighted by atomic mass is 10.3. The Morgan fingerprint density at radius 2 is 1.95 bits per heavy atom. The van der Waals surface area contributed by atoms with Crippen molar-refractivity contribution in [2.75, 3.05) is 12.1 Å². The molecule has 0 amide bonds. The molecule has 1 aliphatic heterocycles. The molecule has 0 saturated carbocycles. The number of imidazole rings is 1. The summed E-state index contributed by atoms with van der Waals surface area (Å²) in [5.41, 5.74) is 1.18. The van der Waals surface area contributed by atoms with Gasteiger partial charge < -0.3 is 0 Å². The van der Waals surface area contributed by atoms with Gasteiger partial charge in [0.15, 0.2) is 11.2 Å². The monoisotopic (exact) mass is 304 g/mol. The van der Waals surface area contributed by atoms with Crippen LogP contribution >= 0.6 is 0 Å². The number of hydrazone groups is 1. The van der Waals surface area contributed by atoms with Crippen LogP contribution in [0, 0.1) is 0 Å². The summed E-state index contributed by atoms with van der Waals surface area (Å²) in [5, 5.41) is 5.98. The van der Waals surface area contributed by atoms with Gasteiger partial charge in [-0.2, -0.15) is 10.1 Å². The van der Waals surface area contributed by atoms with Crippen molar-refractivity contribution in [1.82, 2.24) is 18.7 Å². The summed E-state index contributed by atoms with van der Waals surface area (Å²) in [5.74, 6) is 0.584. The number of anilines is 1. The zero-order chi connectivity index (χ0) is 16.0. The molecule has 22 heavy (non-hydrogen) atoms. The Labute approximate surface area is 127 Å². The Kier molecular flexibility index (Phi) is 3.38. The van der Waals surface area contributed by atoms with Gasteiger partial charge in [0.1, 0.15) is 0 Å². The molecule has 3 heterocycles. The Morgan fingerprint density at radius 3 is 2.64 bits per heavy atom. The topological polar surface area (TPSA) is 77.4 Å². The number of aromatic nitrogens is 4. The minimum absolute atomic E-state index is 0.270. The predicted molar refractivity (Wildman–Crippen MR) is 85.7 cm³/mol. The van der Waals surface area contributed by atoms with Gasteiger partial charge in [-0.1, -0.05) is 13.3 Å². The first kappa shape index (κ1) is 14.6. The quantitative estimate of drug-likeness (QED) is 0.828. The smallest absolute Gasteiger partial charge is 0.297 e. The molecule has 0 N–H and O–H groups in total. The highest BCUT2D eigenvalue weighted by molar-refractivity contribution is 5.87. The largest absolute Gasteiger partial charge is 0.332 e. The van der Waals surface area contributed by atoms with Crippen LogP contribution < -0.4 is 16.3 Å². The fourth-order valence-corrected chi connectivity index (χ4v) is 2.83. The zero-order valence-electron chi connectivity index (χ0n) is 13.3. The van der Waals surface area contributed by atoms with E-state index in [1.54, 1.807) is 19.1 Å². The second kappa shape index (κ2) is 5.11. The third-order valence-electron chi connectivity index (χ3n) is 3.94. The van der Waals surface area contributed by atoms with E-state index in [1.165, 1.54) is 9.13 Å². The third-order valence-corrected chi connectivity index (χ3v) is 3.94. The van der Waals surface area contributed by atoms with Crippen LogP contribution in [0.3, 0.4) is 0 Å². The van der Waals surface area contributed by atoms with E-state index >= 15 is 0 Å². The summed E-state index contributed by atoms with van der Waals surface area (Å²) in [4.78, 5) is 29.6. The number of aryl methyl sites for hydroxylation is 1. The fraction of sp³-hybridized carbons (Fsp3) is 0.571. The lowest BCUT2D eigenvalue weighted by Crippen LogP contribution is -2.40. The van der Waals surface area contributed by atoms with Crippen LogP contribution in [0.1, 0.15) is 26.7 Å². The van der Waals surface area contributed by atoms with Gasteiger partial charge >= 0.3 is 5.69 Å². The zero-order valence-corrected chi connectivity index (χ0v) is 13.3. The maximum Gasteiger partial charge on any atom is 0.332 e. The van der Waals surface area contributed by atoms with Gasteiger partial charge in [-0.25, -0.2) is 9.80 Å². The first-order valence-corrected chi connectivity index (χ1v) is 7.43. The van der Waals surface area contributed by atoms with Gasteiger partial charge in [0.05, 0.1) is 12.3 Å². The highest BCUT2D eigenvalue weighted by Crippen LogP contribution is 2.22. The Hall–Kier alpha value is -2.38. The Bertz CT molecular complexity index is 885. The maximum absolute atomic E-state index is 12.8. The summed E-state index contributed by atoms with van der Waals surface area (Å²) in [7, 11) is 3.44. The van der Waals surface area contributed by atoms with Crippen LogP contribution in [-0.2, 0) is 20.1 Å². The lowest BCUT2D eigenvalue weighted by molar-refractivity contribution is 0.565. The summed E-state index contributed by atoms with van der Waals surface area (Å²) in [6.45, 7) is 4.88. The van der Waals surface area contributed by atoms with Crippen LogP contribution in [0.4, 0.5) is 5.95 Å². The van der Waals surface area contributed by atoms with Crippen molar-refractivity contribution in [1.29, 1.82) is 0 Å². The van der Waals surface area contributed by atoms with Gasteiger partial charge in [0.25, 0.3) is 5.56 Å². The molecule has 2 aromatic heterocycles. The van der Waals surface area contributed by atoms with Crippen molar-refractivity contribution < 1.29 is 0 Å². The standard InChI is InChI=1S/C14H20N6O2/c1-5-6-7-19-12(21)10-11(17(3)14(19)22)15-13-18(4)16-9(2)8-20(10)13/h5-8H2,1-4H3. The fourth-order valence-electron chi connectivity index (χ4n) is 2.83. The molecule has 0 atom stereocenters. The average molecular weight is 304 g/mol. The van der Waals surface area contributed by atoms with Crippen LogP contribution in [-0.4, -0.2) is 31.4 Å². The van der Waals surface area contributed by atoms with Crippen molar-refractivity contribution in [3.05, 3.63) is 20.8 Å². The van der Waals surface area contributed by atoms with Crippen molar-refractivity contribution in [2.24, 2.45) is 12.1 Å². The number of hydrogen-bond acceptors (Lipinski definition) is 5. The Balaban J connectivity index is 2.34. The summed E-state index contributed by atoms with van der Waals surface area (Å²) < 4.78 is 4.59. The highest BCUT2D eigenvalue weighted by atomic mass is 16.2. The molecular formula is C14H20N6O2. The predicted octanol–water partition coefficient (Wildman–Crippen LogP) is 0.522. The lowest BCUT2D eigenvalue weighted by Gasteiger charge is -2.20. The SMILES string of the molecule is CCCCn1c(=O)c2c(nc3n2CC(C)=NN3C)n(C)c1=O. The number of unbranched alkanes of at least 4 members (excludes halogenated alkanes) is 1. The molecule has 0 saturated heterocycles. The molecule has 118 valence electrons. The second-order valence-corrected chi connectivity index (χ2v) is 5.68. The van der Waals surface area contributed by atoms with Crippen molar-refractivity contribution in [3.63, 3.8) is 0 Å². The molecule has 0 bridgehead atoms. The van der Waals surface area contributed by atoms with Gasteiger partial charge in [-0.05, 0) is 13.3 Å². The Morgan fingerprint density at radius 1 is 1.23 bits per heavy atom. The summed E-state index contributed by atoms with van der Waals surface area (Å²) >= 11 is 0. The molecule has 8 heteroatoms. The molecule has 3 rings (SSSR count). The second-order valence-electron chi connectivity index (χ2n) is 5.68. The molecule has 1 aliphatic rings. The van der Waals surface area contributed by atoms with Crippen molar-refractivity contribution >= 4 is 22.8 Å². The van der Waals surface area contributed by atoms with Gasteiger partial charge in [-0.3, -0.25) is 18.5 Å². The van der Waals surface area contributed by atoms with E-state index in [4.69, 9.17) is 0 Å². The van der Waals surface area contributed by atoms with Crippen molar-refractivity contribution in [2.45, 2.75) is 39.8 Å². The van der Waals surface area contributed by atoms with E-state index in [9.17, 15) is 9.59 Å². The average Bonchev–Trinajstić information content (AvgIpc) is 2.85. The molecule has 2 aromatic rings. The molecule has 0 aromatic carbocycles. The van der Waals surface area contributed by atoms with Gasteiger partial charge in [0.2, 0.25) is 5.95 Å². The summed E-state index contributed by atoms with van der Waals surface area (Å²) in [6, 6.07) is 0. The van der Waals surface area contributed by atoms with Gasteiger partial charge in [-0.15, -0.1) is 0 Å². The van der Waals surface area contributed by atoms with E-state index < -0.39 is 0 Å². The van der Waals surface area contributed by atoms with Crippen LogP contribution in [0.5, 0.6) is 0 Å². The van der Waals surface area contributed by atoms with E-state index in [0.29, 0.717) is 30.2 Å². The number of fused-ring (bicyclic) bond motifs is 3. The number of rotatable bonds is 3. The third kappa shape index (κ3) is 1.98. The first-order valence-electron chi connectivity index (χ1n) is 7.43.